The van der Waals surface area contributed by atoms with Crippen LogP contribution in [-0.2, 0) is 21.2 Å². The van der Waals surface area contributed by atoms with Gasteiger partial charge in [-0.3, -0.25) is 4.79 Å². The molecule has 3 aromatic rings. The molecule has 1 fully saturated rings. The van der Waals surface area contributed by atoms with Gasteiger partial charge in [0.2, 0.25) is 27.6 Å². The number of hydrogen-bond acceptors (Lipinski definition) is 7. The Bertz CT molecular complexity index is 1280. The Morgan fingerprint density at radius 2 is 2.03 bits per heavy atom. The molecule has 1 aromatic carbocycles. The van der Waals surface area contributed by atoms with Crippen molar-refractivity contribution < 1.29 is 17.7 Å². The van der Waals surface area contributed by atoms with Crippen molar-refractivity contribution >= 4 is 33.0 Å². The van der Waals surface area contributed by atoms with Gasteiger partial charge in [0.25, 0.3) is 0 Å². The number of aromatic nitrogens is 2. The van der Waals surface area contributed by atoms with Gasteiger partial charge in [0.15, 0.2) is 0 Å². The lowest BCUT2D eigenvalue weighted by Gasteiger charge is -2.31. The van der Waals surface area contributed by atoms with Gasteiger partial charge in [0.05, 0.1) is 15.7 Å². The maximum absolute atomic E-state index is 13.5. The summed E-state index contributed by atoms with van der Waals surface area (Å²) in [4.78, 5) is 18.8. The highest BCUT2D eigenvalue weighted by Crippen LogP contribution is 2.35. The van der Waals surface area contributed by atoms with E-state index in [0.29, 0.717) is 47.3 Å². The van der Waals surface area contributed by atoms with Gasteiger partial charge in [-0.1, -0.05) is 18.1 Å². The van der Waals surface area contributed by atoms with Crippen LogP contribution in [0.3, 0.4) is 0 Å². The number of sulfonamides is 1. The molecule has 1 aliphatic heterocycles. The number of rotatable bonds is 6. The zero-order valence-electron chi connectivity index (χ0n) is 19.2. The van der Waals surface area contributed by atoms with E-state index in [1.54, 1.807) is 13.0 Å². The highest BCUT2D eigenvalue weighted by molar-refractivity contribution is 7.89. The number of nitrogens with one attached hydrogen (secondary N) is 1. The van der Waals surface area contributed by atoms with Gasteiger partial charge in [-0.25, -0.2) is 8.42 Å². The van der Waals surface area contributed by atoms with Crippen LogP contribution in [0.15, 0.2) is 33.7 Å². The molecule has 3 heterocycles. The van der Waals surface area contributed by atoms with E-state index >= 15 is 0 Å². The summed E-state index contributed by atoms with van der Waals surface area (Å²) in [7, 11) is -3.75. The van der Waals surface area contributed by atoms with Crippen LogP contribution < -0.4 is 5.32 Å². The van der Waals surface area contributed by atoms with Crippen molar-refractivity contribution in [1.82, 2.24) is 14.4 Å². The minimum Gasteiger partial charge on any atom is -0.339 e. The fourth-order valence-electron chi connectivity index (χ4n) is 3.91. The quantitative estimate of drug-likeness (QED) is 0.554. The van der Waals surface area contributed by atoms with Gasteiger partial charge in [-0.05, 0) is 62.9 Å². The Hall–Kier alpha value is -2.56. The number of nitrogens with zero attached hydrogens (tertiary/aromatic N) is 3. The minimum atomic E-state index is -3.75. The Balaban J connectivity index is 1.51. The smallest absolute Gasteiger partial charge is 0.244 e. The van der Waals surface area contributed by atoms with Gasteiger partial charge >= 0.3 is 0 Å². The van der Waals surface area contributed by atoms with E-state index in [1.807, 2.05) is 39.0 Å². The number of amides is 1. The second-order valence-corrected chi connectivity index (χ2v) is 11.5. The zero-order valence-corrected chi connectivity index (χ0v) is 20.8. The molecular weight excluding hydrogens is 460 g/mol. The molecule has 1 amide bonds. The molecule has 4 rings (SSSR count). The van der Waals surface area contributed by atoms with Crippen molar-refractivity contribution in [3.63, 3.8) is 0 Å². The number of carbonyl (C=O) groups excluding carboxylic acids is 1. The summed E-state index contributed by atoms with van der Waals surface area (Å²) in [5, 5.41) is 6.91. The summed E-state index contributed by atoms with van der Waals surface area (Å²) in [6.45, 7) is 8.25. The average molecular weight is 489 g/mol. The van der Waals surface area contributed by atoms with E-state index in [1.165, 1.54) is 15.6 Å². The van der Waals surface area contributed by atoms with Crippen LogP contribution in [0.1, 0.15) is 41.7 Å². The highest BCUT2D eigenvalue weighted by atomic mass is 32.2. The van der Waals surface area contributed by atoms with Crippen LogP contribution in [0.5, 0.6) is 0 Å². The third kappa shape index (κ3) is 4.87. The summed E-state index contributed by atoms with van der Waals surface area (Å²) in [5.41, 5.74) is 2.98. The van der Waals surface area contributed by atoms with E-state index in [0.717, 1.165) is 16.8 Å². The van der Waals surface area contributed by atoms with Gasteiger partial charge < -0.3 is 9.84 Å². The first-order chi connectivity index (χ1) is 15.7. The summed E-state index contributed by atoms with van der Waals surface area (Å²) in [5.74, 6) is 0.345. The molecular formula is C23H28N4O4S2. The van der Waals surface area contributed by atoms with Crippen molar-refractivity contribution in [1.29, 1.82) is 0 Å². The maximum Gasteiger partial charge on any atom is 0.244 e. The summed E-state index contributed by atoms with van der Waals surface area (Å²) >= 11 is 1.32. The Kier molecular flexibility index (Phi) is 6.69. The van der Waals surface area contributed by atoms with E-state index in [2.05, 4.69) is 15.5 Å². The molecule has 0 radical (unpaired) electrons. The molecule has 0 spiro atoms. The third-order valence-corrected chi connectivity index (χ3v) is 9.18. The minimum absolute atomic E-state index is 0.153. The molecule has 0 aliphatic carbocycles. The largest absolute Gasteiger partial charge is 0.339 e. The monoisotopic (exact) mass is 488 g/mol. The number of anilines is 1. The summed E-state index contributed by atoms with van der Waals surface area (Å²) in [6, 6.07) is 7.38. The second-order valence-electron chi connectivity index (χ2n) is 8.39. The van der Waals surface area contributed by atoms with E-state index in [9.17, 15) is 13.2 Å². The summed E-state index contributed by atoms with van der Waals surface area (Å²) < 4.78 is 33.5. The zero-order chi connectivity index (χ0) is 23.8. The van der Waals surface area contributed by atoms with Gasteiger partial charge in [0, 0.05) is 30.1 Å². The molecule has 1 aliphatic rings. The number of carbonyl (C=O) groups is 1. The van der Waals surface area contributed by atoms with Crippen molar-refractivity contribution in [3.8, 4) is 10.7 Å². The number of hydrogen-bond donors (Lipinski definition) is 1. The van der Waals surface area contributed by atoms with Gasteiger partial charge in [0.1, 0.15) is 0 Å². The molecule has 33 heavy (non-hydrogen) atoms. The molecule has 0 unspecified atom stereocenters. The van der Waals surface area contributed by atoms with E-state index in [-0.39, 0.29) is 17.3 Å². The Morgan fingerprint density at radius 3 is 2.73 bits per heavy atom. The van der Waals surface area contributed by atoms with Crippen molar-refractivity contribution in [2.45, 2.75) is 51.9 Å². The summed E-state index contributed by atoms with van der Waals surface area (Å²) in [6.07, 6.45) is 1.89. The average Bonchev–Trinajstić information content (AvgIpc) is 3.43. The van der Waals surface area contributed by atoms with Crippen LogP contribution >= 0.6 is 11.3 Å². The normalized spacial score (nSPS) is 17.3. The fourth-order valence-corrected chi connectivity index (χ4v) is 6.92. The standard InChI is InChI=1S/C23H28N4O4S2/c1-5-21-25-22(26-31-21)19-12-20(16(4)32-19)33(29,30)27-10-6-7-17(13-27)23(28)24-18-9-8-14(2)15(3)11-18/h8-9,11-12,17H,5-7,10,13H2,1-4H3,(H,24,28)/t17-/m1/s1. The predicted molar refractivity (Wildman–Crippen MR) is 128 cm³/mol. The first-order valence-electron chi connectivity index (χ1n) is 11.0. The maximum atomic E-state index is 13.5. The number of aryl methyl sites for hydroxylation is 4. The molecule has 1 atom stereocenters. The second kappa shape index (κ2) is 9.36. The van der Waals surface area contributed by atoms with Crippen LogP contribution in [0.25, 0.3) is 10.7 Å². The van der Waals surface area contributed by atoms with Crippen LogP contribution in [0.2, 0.25) is 0 Å². The fraction of sp³-hybridized carbons (Fsp3) is 0.435. The number of benzene rings is 1. The van der Waals surface area contributed by atoms with E-state index in [4.69, 9.17) is 4.52 Å². The highest BCUT2D eigenvalue weighted by Gasteiger charge is 2.35. The van der Waals surface area contributed by atoms with E-state index < -0.39 is 15.9 Å². The molecule has 0 saturated carbocycles. The van der Waals surface area contributed by atoms with Gasteiger partial charge in [-0.2, -0.15) is 9.29 Å². The van der Waals surface area contributed by atoms with Crippen LogP contribution in [0.4, 0.5) is 5.69 Å². The van der Waals surface area contributed by atoms with Crippen molar-refractivity contribution in [3.05, 3.63) is 46.2 Å². The molecule has 8 nitrogen and oxygen atoms in total. The van der Waals surface area contributed by atoms with Gasteiger partial charge in [-0.15, -0.1) is 11.3 Å². The topological polar surface area (TPSA) is 105 Å². The lowest BCUT2D eigenvalue weighted by atomic mass is 9.98. The first kappa shape index (κ1) is 23.6. The SMILES string of the molecule is CCc1nc(-c2cc(S(=O)(=O)N3CCC[C@@H](C(=O)Nc4ccc(C)c(C)c4)C3)c(C)s2)no1. The molecule has 176 valence electrons. The number of piperidine rings is 1. The molecule has 0 bridgehead atoms. The number of thiophene rings is 1. The molecule has 1 saturated heterocycles. The lowest BCUT2D eigenvalue weighted by molar-refractivity contribution is -0.120. The van der Waals surface area contributed by atoms with Crippen LogP contribution in [-0.4, -0.2) is 41.9 Å². The van der Waals surface area contributed by atoms with Crippen LogP contribution in [0, 0.1) is 26.7 Å². The predicted octanol–water partition coefficient (Wildman–Crippen LogP) is 4.33. The molecule has 1 N–H and O–H groups in total. The Labute approximate surface area is 198 Å². The Morgan fingerprint density at radius 1 is 1.24 bits per heavy atom. The molecule has 10 heteroatoms. The lowest BCUT2D eigenvalue weighted by Crippen LogP contribution is -2.43. The van der Waals surface area contributed by atoms with Crippen molar-refractivity contribution in [2.24, 2.45) is 5.92 Å². The van der Waals surface area contributed by atoms with Crippen molar-refractivity contribution in [2.75, 3.05) is 18.4 Å². The molecule has 2 aromatic heterocycles. The third-order valence-electron chi connectivity index (χ3n) is 6.01. The first-order valence-corrected chi connectivity index (χ1v) is 13.3.